The summed E-state index contributed by atoms with van der Waals surface area (Å²) in [6.07, 6.45) is 3.27. The topological polar surface area (TPSA) is 32.3 Å². The molecule has 1 N–H and O–H groups in total. The van der Waals surface area contributed by atoms with Crippen molar-refractivity contribution in [1.29, 1.82) is 0 Å². The normalized spacial score (nSPS) is 13.4. The molecule has 0 aliphatic carbocycles. The highest BCUT2D eigenvalue weighted by Gasteiger charge is 2.20. The lowest BCUT2D eigenvalue weighted by Gasteiger charge is -2.28. The number of carbonyl (C=O) groups is 1. The van der Waals surface area contributed by atoms with Crippen LogP contribution in [0, 0.1) is 17.8 Å². The first-order valence-corrected chi connectivity index (χ1v) is 12.5. The quantitative estimate of drug-likeness (QED) is 0.390. The Bertz CT molecular complexity index is 716. The van der Waals surface area contributed by atoms with E-state index in [-0.39, 0.29) is 11.8 Å². The van der Waals surface area contributed by atoms with E-state index in [9.17, 15) is 4.79 Å². The van der Waals surface area contributed by atoms with E-state index >= 15 is 0 Å². The van der Waals surface area contributed by atoms with Crippen LogP contribution in [0.15, 0.2) is 60.7 Å². The van der Waals surface area contributed by atoms with Gasteiger partial charge in [0.05, 0.1) is 0 Å². The zero-order valence-corrected chi connectivity index (χ0v) is 21.3. The van der Waals surface area contributed by atoms with Crippen LogP contribution in [0.1, 0.15) is 71.9 Å². The Hall–Kier alpha value is -2.13. The molecule has 32 heavy (non-hydrogen) atoms. The average Bonchev–Trinajstić information content (AvgIpc) is 2.84. The standard InChI is InChI=1S/C17H27NO.C12H19N/c1-5-14(3)12-18(17(19)15(4)6-2)13-16-10-8-7-9-11-16;1-3-11(2)9-13-10-12-7-5-4-6-8-12/h7-11,14-15H,5-6,12-13H2,1-4H3;4-8,11,13H,3,9-10H2,1-2H3. The van der Waals surface area contributed by atoms with Crippen molar-refractivity contribution in [3.8, 4) is 0 Å². The molecule has 2 aromatic rings. The minimum absolute atomic E-state index is 0.118. The second kappa shape index (κ2) is 16.5. The number of nitrogens with one attached hydrogen (secondary N) is 1. The number of amides is 1. The first-order valence-electron chi connectivity index (χ1n) is 12.5. The van der Waals surface area contributed by atoms with Gasteiger partial charge in [0.15, 0.2) is 0 Å². The van der Waals surface area contributed by atoms with E-state index in [1.54, 1.807) is 0 Å². The molecule has 0 radical (unpaired) electrons. The minimum atomic E-state index is 0.118. The van der Waals surface area contributed by atoms with E-state index in [1.807, 2.05) is 30.0 Å². The van der Waals surface area contributed by atoms with Gasteiger partial charge in [-0.3, -0.25) is 4.79 Å². The fraction of sp³-hybridized carbons (Fsp3) is 0.552. The second-order valence-corrected chi connectivity index (χ2v) is 9.16. The van der Waals surface area contributed by atoms with Crippen molar-refractivity contribution >= 4 is 5.91 Å². The van der Waals surface area contributed by atoms with Crippen LogP contribution in [0.3, 0.4) is 0 Å². The molecule has 3 unspecified atom stereocenters. The first kappa shape index (κ1) is 27.9. The third kappa shape index (κ3) is 11.5. The molecule has 0 aliphatic rings. The van der Waals surface area contributed by atoms with Crippen molar-refractivity contribution in [3.63, 3.8) is 0 Å². The zero-order chi connectivity index (χ0) is 23.8. The fourth-order valence-electron chi connectivity index (χ4n) is 3.23. The average molecular weight is 439 g/mol. The smallest absolute Gasteiger partial charge is 0.225 e. The van der Waals surface area contributed by atoms with Crippen LogP contribution < -0.4 is 5.32 Å². The van der Waals surface area contributed by atoms with Crippen LogP contribution in [0.4, 0.5) is 0 Å². The number of hydrogen-bond donors (Lipinski definition) is 1. The SMILES string of the molecule is CCC(C)CN(Cc1ccccc1)C(=O)C(C)CC.CCC(C)CNCc1ccccc1. The Kier molecular flexibility index (Phi) is 14.4. The third-order valence-electron chi connectivity index (χ3n) is 6.15. The highest BCUT2D eigenvalue weighted by molar-refractivity contribution is 5.78. The summed E-state index contributed by atoms with van der Waals surface area (Å²) >= 11 is 0. The molecule has 3 heteroatoms. The van der Waals surface area contributed by atoms with Crippen LogP contribution in [0.25, 0.3) is 0 Å². The predicted molar refractivity (Wildman–Crippen MR) is 138 cm³/mol. The summed E-state index contributed by atoms with van der Waals surface area (Å²) in [5.41, 5.74) is 2.58. The molecule has 0 bridgehead atoms. The summed E-state index contributed by atoms with van der Waals surface area (Å²) in [6.45, 7) is 16.7. The minimum Gasteiger partial charge on any atom is -0.338 e. The van der Waals surface area contributed by atoms with E-state index in [2.05, 4.69) is 82.4 Å². The monoisotopic (exact) mass is 438 g/mol. The molecule has 178 valence electrons. The van der Waals surface area contributed by atoms with Crippen LogP contribution in [0.2, 0.25) is 0 Å². The molecule has 2 aromatic carbocycles. The van der Waals surface area contributed by atoms with Crippen molar-refractivity contribution in [2.75, 3.05) is 13.1 Å². The predicted octanol–water partition coefficient (Wildman–Crippen LogP) is 6.93. The van der Waals surface area contributed by atoms with Gasteiger partial charge in [0, 0.05) is 25.6 Å². The lowest BCUT2D eigenvalue weighted by atomic mass is 10.0. The number of hydrogen-bond acceptors (Lipinski definition) is 2. The largest absolute Gasteiger partial charge is 0.338 e. The molecular formula is C29H46N2O. The molecule has 2 rings (SSSR count). The first-order chi connectivity index (χ1) is 15.4. The Morgan fingerprint density at radius 1 is 0.781 bits per heavy atom. The highest BCUT2D eigenvalue weighted by atomic mass is 16.2. The Labute approximate surface area is 197 Å². The second-order valence-electron chi connectivity index (χ2n) is 9.16. The number of nitrogens with zero attached hydrogens (tertiary/aromatic N) is 1. The molecule has 0 fully saturated rings. The van der Waals surface area contributed by atoms with Crippen molar-refractivity contribution < 1.29 is 4.79 Å². The summed E-state index contributed by atoms with van der Waals surface area (Å²) in [6, 6.07) is 20.8. The van der Waals surface area contributed by atoms with Crippen LogP contribution in [-0.2, 0) is 17.9 Å². The third-order valence-corrected chi connectivity index (χ3v) is 6.15. The Morgan fingerprint density at radius 2 is 1.31 bits per heavy atom. The van der Waals surface area contributed by atoms with Crippen LogP contribution in [0.5, 0.6) is 0 Å². The molecule has 1 amide bonds. The van der Waals surface area contributed by atoms with Crippen molar-refractivity contribution in [2.45, 2.75) is 73.9 Å². The van der Waals surface area contributed by atoms with E-state index in [0.29, 0.717) is 5.92 Å². The van der Waals surface area contributed by atoms with E-state index in [4.69, 9.17) is 0 Å². The lowest BCUT2D eigenvalue weighted by molar-refractivity contribution is -0.136. The molecule has 3 nitrogen and oxygen atoms in total. The van der Waals surface area contributed by atoms with Gasteiger partial charge in [-0.25, -0.2) is 0 Å². The van der Waals surface area contributed by atoms with Gasteiger partial charge in [-0.05, 0) is 35.9 Å². The molecule has 0 saturated heterocycles. The van der Waals surface area contributed by atoms with Crippen LogP contribution in [-0.4, -0.2) is 23.9 Å². The van der Waals surface area contributed by atoms with Gasteiger partial charge in [0.2, 0.25) is 5.91 Å². The van der Waals surface area contributed by atoms with Crippen molar-refractivity contribution in [2.24, 2.45) is 17.8 Å². The number of carbonyl (C=O) groups excluding carboxylic acids is 1. The van der Waals surface area contributed by atoms with Crippen LogP contribution >= 0.6 is 0 Å². The molecule has 0 heterocycles. The summed E-state index contributed by atoms with van der Waals surface area (Å²) < 4.78 is 0. The van der Waals surface area contributed by atoms with Gasteiger partial charge < -0.3 is 10.2 Å². The maximum atomic E-state index is 12.5. The summed E-state index contributed by atoms with van der Waals surface area (Å²) in [5, 5.41) is 3.45. The van der Waals surface area contributed by atoms with Gasteiger partial charge in [-0.1, -0.05) is 115 Å². The van der Waals surface area contributed by atoms with Gasteiger partial charge >= 0.3 is 0 Å². The van der Waals surface area contributed by atoms with Gasteiger partial charge in [0.1, 0.15) is 0 Å². The summed E-state index contributed by atoms with van der Waals surface area (Å²) in [4.78, 5) is 14.5. The lowest BCUT2D eigenvalue weighted by Crippen LogP contribution is -2.37. The molecule has 0 saturated carbocycles. The van der Waals surface area contributed by atoms with Crippen molar-refractivity contribution in [3.05, 3.63) is 71.8 Å². The maximum Gasteiger partial charge on any atom is 0.225 e. The van der Waals surface area contributed by atoms with Gasteiger partial charge in [-0.2, -0.15) is 0 Å². The number of benzene rings is 2. The van der Waals surface area contributed by atoms with Gasteiger partial charge in [-0.15, -0.1) is 0 Å². The Balaban J connectivity index is 0.000000343. The van der Waals surface area contributed by atoms with Crippen molar-refractivity contribution in [1.82, 2.24) is 10.2 Å². The molecular weight excluding hydrogens is 392 g/mol. The van der Waals surface area contributed by atoms with E-state index in [1.165, 1.54) is 17.5 Å². The maximum absolute atomic E-state index is 12.5. The molecule has 0 spiro atoms. The summed E-state index contributed by atoms with van der Waals surface area (Å²) in [7, 11) is 0. The molecule has 0 aliphatic heterocycles. The van der Waals surface area contributed by atoms with E-state index in [0.717, 1.165) is 44.9 Å². The Morgan fingerprint density at radius 3 is 1.81 bits per heavy atom. The fourth-order valence-corrected chi connectivity index (χ4v) is 3.23. The van der Waals surface area contributed by atoms with E-state index < -0.39 is 0 Å². The van der Waals surface area contributed by atoms with Gasteiger partial charge in [0.25, 0.3) is 0 Å². The molecule has 0 aromatic heterocycles. The number of rotatable bonds is 12. The highest BCUT2D eigenvalue weighted by Crippen LogP contribution is 2.14. The zero-order valence-electron chi connectivity index (χ0n) is 21.3. The molecule has 3 atom stereocenters. The summed E-state index contributed by atoms with van der Waals surface area (Å²) in [5.74, 6) is 1.74.